The summed E-state index contributed by atoms with van der Waals surface area (Å²) in [4.78, 5) is 27.7. The van der Waals surface area contributed by atoms with Gasteiger partial charge in [0, 0.05) is 35.5 Å². The summed E-state index contributed by atoms with van der Waals surface area (Å²) in [5.41, 5.74) is 2.25. The molecule has 3 heterocycles. The highest BCUT2D eigenvalue weighted by Crippen LogP contribution is 2.26. The Kier molecular flexibility index (Phi) is 4.29. The number of rotatable bonds is 4. The molecule has 0 aliphatic rings. The van der Waals surface area contributed by atoms with Gasteiger partial charge in [-0.25, -0.2) is 23.7 Å². The average molecular weight is 365 g/mol. The third-order valence-electron chi connectivity index (χ3n) is 4.03. The average Bonchev–Trinajstić information content (AvgIpc) is 3.08. The normalized spacial score (nSPS) is 10.9. The molecule has 3 aromatic heterocycles. The van der Waals surface area contributed by atoms with Crippen molar-refractivity contribution in [3.63, 3.8) is 0 Å². The monoisotopic (exact) mass is 365 g/mol. The van der Waals surface area contributed by atoms with Crippen molar-refractivity contribution < 1.29 is 13.6 Å². The molecule has 8 heteroatoms. The van der Waals surface area contributed by atoms with E-state index in [0.29, 0.717) is 5.69 Å². The molecule has 1 aromatic carbocycles. The first-order chi connectivity index (χ1) is 13.1. The predicted molar refractivity (Wildman–Crippen MR) is 95.8 cm³/mol. The first-order valence-electron chi connectivity index (χ1n) is 8.08. The van der Waals surface area contributed by atoms with Crippen LogP contribution in [0.4, 0.5) is 14.6 Å². The van der Waals surface area contributed by atoms with Crippen molar-refractivity contribution in [3.8, 4) is 11.3 Å². The lowest BCUT2D eigenvalue weighted by Gasteiger charge is -2.07. The van der Waals surface area contributed by atoms with Gasteiger partial charge in [-0.15, -0.1) is 0 Å². The van der Waals surface area contributed by atoms with Gasteiger partial charge in [-0.05, 0) is 23.8 Å². The van der Waals surface area contributed by atoms with E-state index in [1.54, 1.807) is 18.5 Å². The Balaban J connectivity index is 1.55. The Morgan fingerprint density at radius 1 is 1.11 bits per heavy atom. The van der Waals surface area contributed by atoms with E-state index in [1.165, 1.54) is 12.4 Å². The topological polar surface area (TPSA) is 83.6 Å². The van der Waals surface area contributed by atoms with Gasteiger partial charge in [0.05, 0.1) is 12.1 Å². The van der Waals surface area contributed by atoms with Crippen molar-refractivity contribution in [3.05, 3.63) is 72.3 Å². The smallest absolute Gasteiger partial charge is 0.230 e. The van der Waals surface area contributed by atoms with Gasteiger partial charge >= 0.3 is 0 Å². The molecule has 27 heavy (non-hydrogen) atoms. The fourth-order valence-electron chi connectivity index (χ4n) is 2.77. The summed E-state index contributed by atoms with van der Waals surface area (Å²) in [6, 6.07) is 8.45. The van der Waals surface area contributed by atoms with Crippen LogP contribution in [0.2, 0.25) is 0 Å². The molecule has 4 rings (SSSR count). The zero-order chi connectivity index (χ0) is 18.8. The van der Waals surface area contributed by atoms with Gasteiger partial charge in [-0.2, -0.15) is 0 Å². The van der Waals surface area contributed by atoms with Gasteiger partial charge in [-0.3, -0.25) is 4.79 Å². The summed E-state index contributed by atoms with van der Waals surface area (Å²) < 4.78 is 26.7. The molecular formula is C19H13F2N5O. The largest absolute Gasteiger partial charge is 0.345 e. The Bertz CT molecular complexity index is 1140. The first-order valence-corrected chi connectivity index (χ1v) is 8.08. The number of H-pyrrole nitrogens is 1. The van der Waals surface area contributed by atoms with Crippen molar-refractivity contribution >= 4 is 22.8 Å². The maximum Gasteiger partial charge on any atom is 0.230 e. The second-order valence-corrected chi connectivity index (χ2v) is 5.85. The van der Waals surface area contributed by atoms with Crippen LogP contribution in [0, 0.1) is 11.6 Å². The van der Waals surface area contributed by atoms with Crippen LogP contribution in [0.1, 0.15) is 5.56 Å². The molecule has 4 aromatic rings. The molecule has 2 N–H and O–H groups in total. The highest BCUT2D eigenvalue weighted by Gasteiger charge is 2.12. The number of aromatic amines is 1. The molecule has 0 bridgehead atoms. The molecular weight excluding hydrogens is 352 g/mol. The minimum Gasteiger partial charge on any atom is -0.345 e. The summed E-state index contributed by atoms with van der Waals surface area (Å²) >= 11 is 0. The lowest BCUT2D eigenvalue weighted by Crippen LogP contribution is -2.16. The van der Waals surface area contributed by atoms with E-state index in [9.17, 15) is 13.6 Å². The Morgan fingerprint density at radius 2 is 2.00 bits per heavy atom. The van der Waals surface area contributed by atoms with E-state index in [0.717, 1.165) is 28.7 Å². The van der Waals surface area contributed by atoms with Gasteiger partial charge in [0.2, 0.25) is 5.91 Å². The summed E-state index contributed by atoms with van der Waals surface area (Å²) in [7, 11) is 0. The molecule has 0 atom stereocenters. The van der Waals surface area contributed by atoms with Crippen LogP contribution in [0.25, 0.3) is 22.3 Å². The van der Waals surface area contributed by atoms with Crippen LogP contribution in [-0.4, -0.2) is 25.8 Å². The SMILES string of the molecule is O=C(Cc1ccc(F)cc1F)Nc1cc(-c2c[nH]c3ncccc23)ncn1. The van der Waals surface area contributed by atoms with Gasteiger partial charge in [0.15, 0.2) is 0 Å². The number of anilines is 1. The molecule has 6 nitrogen and oxygen atoms in total. The summed E-state index contributed by atoms with van der Waals surface area (Å²) in [6.07, 6.45) is 4.56. The molecule has 134 valence electrons. The molecule has 0 radical (unpaired) electrons. The number of hydrogen-bond acceptors (Lipinski definition) is 4. The quantitative estimate of drug-likeness (QED) is 0.580. The van der Waals surface area contributed by atoms with E-state index in [4.69, 9.17) is 0 Å². The number of hydrogen-bond donors (Lipinski definition) is 2. The molecule has 1 amide bonds. The van der Waals surface area contributed by atoms with Crippen LogP contribution in [0.15, 0.2) is 55.1 Å². The maximum absolute atomic E-state index is 13.7. The van der Waals surface area contributed by atoms with Crippen molar-refractivity contribution in [1.29, 1.82) is 0 Å². The molecule has 0 saturated heterocycles. The number of fused-ring (bicyclic) bond motifs is 1. The van der Waals surface area contributed by atoms with Crippen molar-refractivity contribution in [1.82, 2.24) is 19.9 Å². The van der Waals surface area contributed by atoms with Crippen LogP contribution in [0.5, 0.6) is 0 Å². The highest BCUT2D eigenvalue weighted by molar-refractivity contribution is 5.94. The van der Waals surface area contributed by atoms with Crippen LogP contribution >= 0.6 is 0 Å². The molecule has 0 saturated carbocycles. The van der Waals surface area contributed by atoms with Crippen LogP contribution < -0.4 is 5.32 Å². The number of nitrogens with one attached hydrogen (secondary N) is 2. The van der Waals surface area contributed by atoms with E-state index in [1.807, 2.05) is 12.1 Å². The first kappa shape index (κ1) is 16.8. The number of pyridine rings is 1. The number of carbonyl (C=O) groups is 1. The minimum atomic E-state index is -0.764. The number of aromatic nitrogens is 4. The Hall–Kier alpha value is -3.68. The fraction of sp³-hybridized carbons (Fsp3) is 0.0526. The fourth-order valence-corrected chi connectivity index (χ4v) is 2.77. The minimum absolute atomic E-state index is 0.103. The molecule has 0 spiro atoms. The van der Waals surface area contributed by atoms with Crippen molar-refractivity contribution in [2.24, 2.45) is 0 Å². The zero-order valence-corrected chi connectivity index (χ0v) is 13.9. The van der Waals surface area contributed by atoms with Gasteiger partial charge in [0.1, 0.15) is 29.4 Å². The van der Waals surface area contributed by atoms with Crippen LogP contribution in [0.3, 0.4) is 0 Å². The van der Waals surface area contributed by atoms with Crippen LogP contribution in [-0.2, 0) is 11.2 Å². The molecule has 0 aliphatic carbocycles. The number of nitrogens with zero attached hydrogens (tertiary/aromatic N) is 3. The van der Waals surface area contributed by atoms with E-state index in [2.05, 4.69) is 25.3 Å². The summed E-state index contributed by atoms with van der Waals surface area (Å²) in [5.74, 6) is -1.64. The molecule has 0 fully saturated rings. The lowest BCUT2D eigenvalue weighted by molar-refractivity contribution is -0.115. The summed E-state index contributed by atoms with van der Waals surface area (Å²) in [6.45, 7) is 0. The zero-order valence-electron chi connectivity index (χ0n) is 13.9. The van der Waals surface area contributed by atoms with Crippen molar-refractivity contribution in [2.45, 2.75) is 6.42 Å². The Morgan fingerprint density at radius 3 is 2.85 bits per heavy atom. The molecule has 0 aliphatic heterocycles. The third-order valence-corrected chi connectivity index (χ3v) is 4.03. The Labute approximate surface area is 152 Å². The number of halogens is 2. The second kappa shape index (κ2) is 6.91. The van der Waals surface area contributed by atoms with E-state index < -0.39 is 17.5 Å². The van der Waals surface area contributed by atoms with E-state index in [-0.39, 0.29) is 17.8 Å². The van der Waals surface area contributed by atoms with Crippen molar-refractivity contribution in [2.75, 3.05) is 5.32 Å². The van der Waals surface area contributed by atoms with E-state index >= 15 is 0 Å². The van der Waals surface area contributed by atoms with Gasteiger partial charge < -0.3 is 10.3 Å². The van der Waals surface area contributed by atoms with Gasteiger partial charge in [-0.1, -0.05) is 6.07 Å². The number of amides is 1. The highest BCUT2D eigenvalue weighted by atomic mass is 19.1. The molecule has 0 unspecified atom stereocenters. The summed E-state index contributed by atoms with van der Waals surface area (Å²) in [5, 5.41) is 3.50. The predicted octanol–water partition coefficient (Wildman–Crippen LogP) is 3.48. The van der Waals surface area contributed by atoms with Gasteiger partial charge in [0.25, 0.3) is 0 Å². The second-order valence-electron chi connectivity index (χ2n) is 5.85. The third kappa shape index (κ3) is 3.50. The number of benzene rings is 1. The number of carbonyl (C=O) groups excluding carboxylic acids is 1. The maximum atomic E-state index is 13.7. The lowest BCUT2D eigenvalue weighted by atomic mass is 10.1. The standard InChI is InChI=1S/C19H13F2N5O/c20-12-4-3-11(15(21)7-12)6-18(27)26-17-8-16(24-10-25-17)14-9-23-19-13(14)2-1-5-22-19/h1-5,7-10H,6H2,(H,22,23)(H,24,25,26,27).